The van der Waals surface area contributed by atoms with Crippen LogP contribution in [0.4, 0.5) is 0 Å². The maximum atomic E-state index is 6.09. The van der Waals surface area contributed by atoms with E-state index in [1.807, 2.05) is 29.1 Å². The third kappa shape index (κ3) is 3.27. The zero-order valence-electron chi connectivity index (χ0n) is 14.6. The predicted molar refractivity (Wildman–Crippen MR) is 84.9 cm³/mol. The van der Waals surface area contributed by atoms with Crippen LogP contribution in [-0.4, -0.2) is 25.1 Å². The van der Waals surface area contributed by atoms with Gasteiger partial charge in [0, 0.05) is 0 Å². The van der Waals surface area contributed by atoms with E-state index in [9.17, 15) is 0 Å². The summed E-state index contributed by atoms with van der Waals surface area (Å²) in [6.07, 6.45) is 6.73. The number of aromatic nitrogens is 4. The van der Waals surface area contributed by atoms with Gasteiger partial charge in [0.05, 0.1) is 12.9 Å². The third-order valence-electron chi connectivity index (χ3n) is 4.32. The summed E-state index contributed by atoms with van der Waals surface area (Å²) in [7, 11) is 0. The normalized spacial score (nSPS) is 15.7. The second-order valence-electron chi connectivity index (χ2n) is 6.11. The Morgan fingerprint density at radius 2 is 1.96 bits per heavy atom. The molecule has 0 aliphatic heterocycles. The van der Waals surface area contributed by atoms with Gasteiger partial charge in [-0.2, -0.15) is 4.98 Å². The van der Waals surface area contributed by atoms with Crippen LogP contribution < -0.4 is 34.3 Å². The molecule has 0 spiro atoms. The second-order valence-corrected chi connectivity index (χ2v) is 6.11. The summed E-state index contributed by atoms with van der Waals surface area (Å²) in [6, 6.07) is 10.3. The molecule has 4 rings (SSSR count). The molecule has 0 radical (unpaired) electrons. The van der Waals surface area contributed by atoms with E-state index in [1.54, 1.807) is 6.33 Å². The fraction of sp³-hybridized carbons (Fsp3) is 0.353. The van der Waals surface area contributed by atoms with Gasteiger partial charge in [0.1, 0.15) is 11.9 Å². The number of benzene rings is 1. The van der Waals surface area contributed by atoms with Crippen LogP contribution in [0.15, 0.2) is 43.0 Å². The first-order valence-corrected chi connectivity index (χ1v) is 7.62. The molecule has 3 aromatic rings. The summed E-state index contributed by atoms with van der Waals surface area (Å²) < 4.78 is 8.12. The van der Waals surface area contributed by atoms with Gasteiger partial charge in [-0.25, -0.2) is 9.97 Å². The van der Waals surface area contributed by atoms with Crippen molar-refractivity contribution >= 4 is 11.2 Å². The van der Waals surface area contributed by atoms with Gasteiger partial charge in [-0.15, -0.1) is 0 Å². The number of fused-ring (bicyclic) bond motifs is 1. The Balaban J connectivity index is 0.00000104. The molecular formula is C17H19N4NaO. The van der Waals surface area contributed by atoms with Crippen molar-refractivity contribution in [2.75, 3.05) is 0 Å². The van der Waals surface area contributed by atoms with Gasteiger partial charge in [0.15, 0.2) is 11.2 Å². The van der Waals surface area contributed by atoms with Crippen molar-refractivity contribution in [3.05, 3.63) is 48.5 Å². The average Bonchev–Trinajstić information content (AvgIpc) is 2.91. The van der Waals surface area contributed by atoms with E-state index >= 15 is 0 Å². The van der Waals surface area contributed by atoms with E-state index in [-0.39, 0.29) is 36.6 Å². The predicted octanol–water partition coefficient (Wildman–Crippen LogP) is 0.312. The van der Waals surface area contributed by atoms with Gasteiger partial charge in [0.2, 0.25) is 5.88 Å². The van der Waals surface area contributed by atoms with Crippen LogP contribution in [0.5, 0.6) is 5.88 Å². The van der Waals surface area contributed by atoms with E-state index < -0.39 is 0 Å². The van der Waals surface area contributed by atoms with E-state index in [4.69, 9.17) is 4.74 Å². The fourth-order valence-corrected chi connectivity index (χ4v) is 2.84. The van der Waals surface area contributed by atoms with Gasteiger partial charge in [0.25, 0.3) is 0 Å². The summed E-state index contributed by atoms with van der Waals surface area (Å²) in [4.78, 5) is 13.1. The number of ether oxygens (including phenoxy) is 1. The minimum absolute atomic E-state index is 0. The molecule has 1 saturated carbocycles. The smallest absolute Gasteiger partial charge is 1.00 e. The summed E-state index contributed by atoms with van der Waals surface area (Å²) in [5.41, 5.74) is 2.68. The Hall–Kier alpha value is -1.43. The molecule has 6 heteroatoms. The molecule has 1 aliphatic rings. The largest absolute Gasteiger partial charge is 1.00 e. The van der Waals surface area contributed by atoms with Gasteiger partial charge in [-0.1, -0.05) is 30.3 Å². The van der Waals surface area contributed by atoms with Crippen LogP contribution in [0.2, 0.25) is 0 Å². The molecule has 0 N–H and O–H groups in total. The van der Waals surface area contributed by atoms with E-state index in [1.165, 1.54) is 12.0 Å². The molecule has 23 heavy (non-hydrogen) atoms. The Kier molecular flexibility index (Phi) is 4.71. The van der Waals surface area contributed by atoms with Gasteiger partial charge in [-0.3, -0.25) is 0 Å². The van der Waals surface area contributed by atoms with Gasteiger partial charge in [-0.05, 0) is 31.7 Å². The van der Waals surface area contributed by atoms with E-state index in [0.29, 0.717) is 5.88 Å². The fourth-order valence-electron chi connectivity index (χ4n) is 2.84. The molecule has 0 saturated heterocycles. The van der Waals surface area contributed by atoms with Crippen molar-refractivity contribution in [1.82, 2.24) is 19.5 Å². The molecule has 0 atom stereocenters. The number of hydrogen-bond acceptors (Lipinski definition) is 4. The van der Waals surface area contributed by atoms with Gasteiger partial charge < -0.3 is 10.7 Å². The van der Waals surface area contributed by atoms with Crippen molar-refractivity contribution in [3.8, 4) is 5.88 Å². The molecule has 0 unspecified atom stereocenters. The van der Waals surface area contributed by atoms with Crippen molar-refractivity contribution in [2.45, 2.75) is 38.3 Å². The van der Waals surface area contributed by atoms with Gasteiger partial charge >= 0.3 is 29.6 Å². The quantitative estimate of drug-likeness (QED) is 0.650. The van der Waals surface area contributed by atoms with Crippen molar-refractivity contribution in [1.29, 1.82) is 0 Å². The Labute approximate surface area is 158 Å². The maximum absolute atomic E-state index is 6.09. The van der Waals surface area contributed by atoms with Crippen LogP contribution >= 0.6 is 0 Å². The Morgan fingerprint density at radius 3 is 2.65 bits per heavy atom. The summed E-state index contributed by atoms with van der Waals surface area (Å²) >= 11 is 0. The zero-order valence-corrected chi connectivity index (χ0v) is 15.6. The molecule has 1 fully saturated rings. The van der Waals surface area contributed by atoms with Crippen LogP contribution in [0.25, 0.3) is 11.2 Å². The summed E-state index contributed by atoms with van der Waals surface area (Å²) in [5, 5.41) is 0. The van der Waals surface area contributed by atoms with Crippen LogP contribution in [0.3, 0.4) is 0 Å². The first-order chi connectivity index (χ1) is 10.7. The van der Waals surface area contributed by atoms with Crippen LogP contribution in [0, 0.1) is 0 Å². The molecule has 1 aromatic carbocycles. The van der Waals surface area contributed by atoms with E-state index in [0.717, 1.165) is 30.6 Å². The zero-order chi connectivity index (χ0) is 15.0. The van der Waals surface area contributed by atoms with Crippen molar-refractivity contribution in [3.63, 3.8) is 0 Å². The third-order valence-corrected chi connectivity index (χ3v) is 4.32. The molecular weight excluding hydrogens is 299 g/mol. The standard InChI is InChI=1S/C17H18N4O.Na.H/c1-17(8-5-9-17)22-16-14-15(18-11-19-16)21(12-20-14)10-13-6-3-2-4-7-13;;/h2-4,6-7,11-12H,5,8-10H2,1H3;;/q;+1;-1. The van der Waals surface area contributed by atoms with Crippen LogP contribution in [0.1, 0.15) is 33.2 Å². The summed E-state index contributed by atoms with van der Waals surface area (Å²) in [6.45, 7) is 2.87. The molecule has 2 aromatic heterocycles. The minimum atomic E-state index is -0.0928. The van der Waals surface area contributed by atoms with Crippen molar-refractivity contribution in [2.24, 2.45) is 0 Å². The Bertz CT molecular complexity index is 805. The van der Waals surface area contributed by atoms with Crippen molar-refractivity contribution < 1.29 is 35.7 Å². The monoisotopic (exact) mass is 318 g/mol. The SMILES string of the molecule is CC1(Oc2ncnc3c2ncn3Cc2ccccc2)CCC1.[H-].[Na+]. The first-order valence-electron chi connectivity index (χ1n) is 7.62. The molecule has 0 bridgehead atoms. The number of nitrogens with zero attached hydrogens (tertiary/aromatic N) is 4. The number of hydrogen-bond donors (Lipinski definition) is 0. The summed E-state index contributed by atoms with van der Waals surface area (Å²) in [5.74, 6) is 0.596. The molecule has 114 valence electrons. The Morgan fingerprint density at radius 1 is 1.17 bits per heavy atom. The number of imidazole rings is 1. The average molecular weight is 318 g/mol. The first kappa shape index (κ1) is 16.4. The number of rotatable bonds is 4. The topological polar surface area (TPSA) is 52.8 Å². The molecule has 2 heterocycles. The molecule has 0 amide bonds. The van der Waals surface area contributed by atoms with E-state index in [2.05, 4.69) is 34.0 Å². The second kappa shape index (κ2) is 6.59. The minimum Gasteiger partial charge on any atom is -1.00 e. The van der Waals surface area contributed by atoms with Crippen LogP contribution in [-0.2, 0) is 6.54 Å². The molecule has 5 nitrogen and oxygen atoms in total. The maximum Gasteiger partial charge on any atom is 1.00 e. The molecule has 1 aliphatic carbocycles.